The summed E-state index contributed by atoms with van der Waals surface area (Å²) in [5, 5.41) is 12.5. The highest BCUT2D eigenvalue weighted by Crippen LogP contribution is 2.24. The van der Waals surface area contributed by atoms with E-state index < -0.39 is 12.0 Å². The molecule has 0 bridgehead atoms. The fraction of sp³-hybridized carbons (Fsp3) is 0.133. The van der Waals surface area contributed by atoms with Gasteiger partial charge in [-0.1, -0.05) is 46.3 Å². The fourth-order valence-corrected chi connectivity index (χ4v) is 2.33. The van der Waals surface area contributed by atoms with Crippen LogP contribution in [0.3, 0.4) is 0 Å². The summed E-state index contributed by atoms with van der Waals surface area (Å²) < 4.78 is 0.909. The Morgan fingerprint density at radius 2 is 1.95 bits per heavy atom. The molecule has 0 aliphatic carbocycles. The third kappa shape index (κ3) is 3.35. The van der Waals surface area contributed by atoms with Gasteiger partial charge in [-0.25, -0.2) is 4.79 Å². The number of benzene rings is 2. The van der Waals surface area contributed by atoms with Crippen molar-refractivity contribution in [1.82, 2.24) is 0 Å². The van der Waals surface area contributed by atoms with E-state index in [1.54, 1.807) is 0 Å². The summed E-state index contributed by atoms with van der Waals surface area (Å²) in [6.45, 7) is 1.91. The lowest BCUT2D eigenvalue weighted by atomic mass is 10.0. The highest BCUT2D eigenvalue weighted by molar-refractivity contribution is 9.10. The van der Waals surface area contributed by atoms with Gasteiger partial charge in [0.05, 0.1) is 0 Å². The molecule has 98 valence electrons. The summed E-state index contributed by atoms with van der Waals surface area (Å²) in [5.74, 6) is -0.894. The molecule has 1 unspecified atom stereocenters. The Hall–Kier alpha value is -1.81. The smallest absolute Gasteiger partial charge is 0.330 e. The van der Waals surface area contributed by atoms with Crippen LogP contribution in [0.2, 0.25) is 0 Å². The molecule has 1 atom stereocenters. The maximum Gasteiger partial charge on any atom is 0.330 e. The maximum absolute atomic E-state index is 11.5. The Kier molecular flexibility index (Phi) is 4.22. The number of aliphatic carboxylic acids is 1. The van der Waals surface area contributed by atoms with Gasteiger partial charge in [0.1, 0.15) is 0 Å². The van der Waals surface area contributed by atoms with Crippen molar-refractivity contribution < 1.29 is 9.90 Å². The Balaban J connectivity index is 2.32. The van der Waals surface area contributed by atoms with Crippen LogP contribution < -0.4 is 5.32 Å². The van der Waals surface area contributed by atoms with Crippen LogP contribution >= 0.6 is 15.9 Å². The zero-order valence-electron chi connectivity index (χ0n) is 10.4. The number of halogens is 1. The van der Waals surface area contributed by atoms with E-state index in [1.165, 1.54) is 0 Å². The van der Waals surface area contributed by atoms with Gasteiger partial charge >= 0.3 is 5.97 Å². The van der Waals surface area contributed by atoms with Gasteiger partial charge < -0.3 is 10.4 Å². The minimum atomic E-state index is -0.894. The van der Waals surface area contributed by atoms with Crippen molar-refractivity contribution in [3.63, 3.8) is 0 Å². The average molecular weight is 320 g/mol. The van der Waals surface area contributed by atoms with Crippen molar-refractivity contribution in [3.8, 4) is 0 Å². The number of hydrogen-bond donors (Lipinski definition) is 2. The predicted molar refractivity (Wildman–Crippen MR) is 79.3 cm³/mol. The van der Waals surface area contributed by atoms with Crippen LogP contribution in [0.15, 0.2) is 53.0 Å². The molecular formula is C15H14BrNO2. The van der Waals surface area contributed by atoms with Crippen molar-refractivity contribution in [1.29, 1.82) is 0 Å². The number of hydrogen-bond acceptors (Lipinski definition) is 2. The normalized spacial score (nSPS) is 11.9. The summed E-state index contributed by atoms with van der Waals surface area (Å²) in [7, 11) is 0. The molecule has 0 aliphatic heterocycles. The van der Waals surface area contributed by atoms with E-state index in [0.717, 1.165) is 21.3 Å². The molecule has 0 saturated carbocycles. The number of aryl methyl sites for hydroxylation is 1. The van der Waals surface area contributed by atoms with E-state index in [-0.39, 0.29) is 0 Å². The lowest BCUT2D eigenvalue weighted by molar-refractivity contribution is -0.138. The first-order chi connectivity index (χ1) is 9.08. The van der Waals surface area contributed by atoms with Crippen LogP contribution in [0.1, 0.15) is 17.2 Å². The zero-order valence-corrected chi connectivity index (χ0v) is 12.0. The Bertz CT molecular complexity index is 598. The minimum absolute atomic E-state index is 0.754. The molecule has 2 rings (SSSR count). The maximum atomic E-state index is 11.5. The molecule has 3 nitrogen and oxygen atoms in total. The fourth-order valence-electron chi connectivity index (χ4n) is 1.93. The van der Waals surface area contributed by atoms with E-state index >= 15 is 0 Å². The summed E-state index contributed by atoms with van der Waals surface area (Å²) in [4.78, 5) is 11.5. The van der Waals surface area contributed by atoms with E-state index in [0.29, 0.717) is 0 Å². The first kappa shape index (κ1) is 13.6. The van der Waals surface area contributed by atoms with E-state index in [4.69, 9.17) is 0 Å². The van der Waals surface area contributed by atoms with Crippen molar-refractivity contribution in [3.05, 3.63) is 64.1 Å². The third-order valence-corrected chi connectivity index (χ3v) is 3.38. The third-order valence-electron chi connectivity index (χ3n) is 2.88. The molecule has 0 spiro atoms. The standard InChI is InChI=1S/C15H14BrNO2/c1-10-5-2-3-8-13(10)14(15(18)19)17-12-7-4-6-11(16)9-12/h2-9,14,17H,1H3,(H,18,19). The molecule has 0 aromatic heterocycles. The SMILES string of the molecule is Cc1ccccc1C(Nc1cccc(Br)c1)C(=O)O. The van der Waals surface area contributed by atoms with Gasteiger partial charge in [-0.3, -0.25) is 0 Å². The summed E-state index contributed by atoms with van der Waals surface area (Å²) in [6.07, 6.45) is 0. The number of carboxylic acids is 1. The number of anilines is 1. The Morgan fingerprint density at radius 1 is 1.21 bits per heavy atom. The monoisotopic (exact) mass is 319 g/mol. The molecule has 0 fully saturated rings. The van der Waals surface area contributed by atoms with Crippen molar-refractivity contribution >= 4 is 27.6 Å². The molecule has 0 radical (unpaired) electrons. The molecule has 2 aromatic carbocycles. The molecule has 4 heteroatoms. The van der Waals surface area contributed by atoms with Gasteiger partial charge in [-0.15, -0.1) is 0 Å². The first-order valence-electron chi connectivity index (χ1n) is 5.88. The van der Waals surface area contributed by atoms with Crippen molar-refractivity contribution in [2.45, 2.75) is 13.0 Å². The molecule has 19 heavy (non-hydrogen) atoms. The lowest BCUT2D eigenvalue weighted by Gasteiger charge is -2.18. The topological polar surface area (TPSA) is 49.3 Å². The number of rotatable bonds is 4. The quantitative estimate of drug-likeness (QED) is 0.895. The van der Waals surface area contributed by atoms with Gasteiger partial charge in [0.25, 0.3) is 0 Å². The first-order valence-corrected chi connectivity index (χ1v) is 6.67. The highest BCUT2D eigenvalue weighted by Gasteiger charge is 2.21. The minimum Gasteiger partial charge on any atom is -0.479 e. The molecule has 2 aromatic rings. The predicted octanol–water partition coefficient (Wildman–Crippen LogP) is 4.00. The van der Waals surface area contributed by atoms with E-state index in [1.807, 2.05) is 55.5 Å². The summed E-state index contributed by atoms with van der Waals surface area (Å²) in [5.41, 5.74) is 2.50. The number of carboxylic acid groups (broad SMARTS) is 1. The van der Waals surface area contributed by atoms with Gasteiger partial charge in [0, 0.05) is 10.2 Å². The molecular weight excluding hydrogens is 306 g/mol. The van der Waals surface area contributed by atoms with Crippen LogP contribution in [0.25, 0.3) is 0 Å². The highest BCUT2D eigenvalue weighted by atomic mass is 79.9. The second-order valence-electron chi connectivity index (χ2n) is 4.28. The van der Waals surface area contributed by atoms with Crippen LogP contribution in [-0.2, 0) is 4.79 Å². The summed E-state index contributed by atoms with van der Waals surface area (Å²) in [6, 6.07) is 14.2. The van der Waals surface area contributed by atoms with Crippen molar-refractivity contribution in [2.24, 2.45) is 0 Å². The lowest BCUT2D eigenvalue weighted by Crippen LogP contribution is -2.21. The van der Waals surface area contributed by atoms with Gasteiger partial charge in [-0.2, -0.15) is 0 Å². The molecule has 0 amide bonds. The van der Waals surface area contributed by atoms with Crippen LogP contribution in [0.5, 0.6) is 0 Å². The van der Waals surface area contributed by atoms with E-state index in [2.05, 4.69) is 21.2 Å². The van der Waals surface area contributed by atoms with Crippen LogP contribution in [0.4, 0.5) is 5.69 Å². The summed E-state index contributed by atoms with van der Waals surface area (Å²) >= 11 is 3.37. The molecule has 2 N–H and O–H groups in total. The second kappa shape index (κ2) is 5.89. The largest absolute Gasteiger partial charge is 0.479 e. The average Bonchev–Trinajstić information content (AvgIpc) is 2.37. The molecule has 0 heterocycles. The molecule has 0 aliphatic rings. The molecule has 0 saturated heterocycles. The Labute approximate surface area is 120 Å². The van der Waals surface area contributed by atoms with Gasteiger partial charge in [0.15, 0.2) is 6.04 Å². The number of nitrogens with one attached hydrogen (secondary N) is 1. The van der Waals surface area contributed by atoms with Gasteiger partial charge in [-0.05, 0) is 36.2 Å². The van der Waals surface area contributed by atoms with Crippen LogP contribution in [0, 0.1) is 6.92 Å². The zero-order chi connectivity index (χ0) is 13.8. The van der Waals surface area contributed by atoms with Gasteiger partial charge in [0.2, 0.25) is 0 Å². The van der Waals surface area contributed by atoms with Crippen molar-refractivity contribution in [2.75, 3.05) is 5.32 Å². The van der Waals surface area contributed by atoms with E-state index in [9.17, 15) is 9.90 Å². The number of carbonyl (C=O) groups is 1. The Morgan fingerprint density at radius 3 is 2.58 bits per heavy atom. The second-order valence-corrected chi connectivity index (χ2v) is 5.20. The van der Waals surface area contributed by atoms with Crippen LogP contribution in [-0.4, -0.2) is 11.1 Å².